The summed E-state index contributed by atoms with van der Waals surface area (Å²) in [6, 6.07) is 4.00. The first-order valence-electron chi connectivity index (χ1n) is 8.75. The molecule has 1 saturated heterocycles. The van der Waals surface area contributed by atoms with Gasteiger partial charge in [0.05, 0.1) is 25.0 Å². The van der Waals surface area contributed by atoms with Gasteiger partial charge in [-0.3, -0.25) is 0 Å². The van der Waals surface area contributed by atoms with Gasteiger partial charge in [-0.2, -0.15) is 0 Å². The normalized spacial score (nSPS) is 20.8. The lowest BCUT2D eigenvalue weighted by atomic mass is 10.2. The molecular formula is C18H25FN2O3. The van der Waals surface area contributed by atoms with Gasteiger partial charge in [0.15, 0.2) is 0 Å². The highest BCUT2D eigenvalue weighted by Gasteiger charge is 2.25. The van der Waals surface area contributed by atoms with Crippen LogP contribution in [0.25, 0.3) is 0 Å². The van der Waals surface area contributed by atoms with Gasteiger partial charge in [-0.15, -0.1) is 0 Å². The van der Waals surface area contributed by atoms with Crippen LogP contribution < -0.4 is 10.1 Å². The highest BCUT2D eigenvalue weighted by molar-refractivity contribution is 5.91. The average molecular weight is 336 g/mol. The lowest BCUT2D eigenvalue weighted by Crippen LogP contribution is -2.47. The summed E-state index contributed by atoms with van der Waals surface area (Å²) in [5.41, 5.74) is 0.388. The molecule has 1 atom stereocenters. The summed E-state index contributed by atoms with van der Waals surface area (Å²) >= 11 is 0. The molecule has 0 spiro atoms. The van der Waals surface area contributed by atoms with Crippen LogP contribution in [0, 0.1) is 11.7 Å². The summed E-state index contributed by atoms with van der Waals surface area (Å²) in [7, 11) is 0. The van der Waals surface area contributed by atoms with E-state index in [1.807, 2.05) is 0 Å². The SMILES string of the molecule is CCCC1CN(C(=O)Nc2cc(F)ccc2OCC2CC2)CCO1. The van der Waals surface area contributed by atoms with Gasteiger partial charge in [-0.1, -0.05) is 13.3 Å². The first kappa shape index (κ1) is 17.0. The number of rotatable bonds is 6. The van der Waals surface area contributed by atoms with Crippen molar-refractivity contribution in [2.75, 3.05) is 31.6 Å². The second-order valence-corrected chi connectivity index (χ2v) is 6.55. The Morgan fingerprint density at radius 1 is 1.46 bits per heavy atom. The monoisotopic (exact) mass is 336 g/mol. The van der Waals surface area contributed by atoms with Crippen LogP contribution in [0.1, 0.15) is 32.6 Å². The van der Waals surface area contributed by atoms with Crippen LogP contribution in [0.15, 0.2) is 18.2 Å². The van der Waals surface area contributed by atoms with Gasteiger partial charge in [0.1, 0.15) is 11.6 Å². The molecular weight excluding hydrogens is 311 g/mol. The number of nitrogens with one attached hydrogen (secondary N) is 1. The van der Waals surface area contributed by atoms with E-state index in [1.54, 1.807) is 11.0 Å². The number of benzene rings is 1. The highest BCUT2D eigenvalue weighted by Crippen LogP contribution is 2.32. The third-order valence-electron chi connectivity index (χ3n) is 4.39. The Kier molecular flexibility index (Phi) is 5.56. The fourth-order valence-corrected chi connectivity index (χ4v) is 2.81. The van der Waals surface area contributed by atoms with Crippen LogP contribution in [-0.4, -0.2) is 43.3 Å². The van der Waals surface area contributed by atoms with Gasteiger partial charge in [0, 0.05) is 19.2 Å². The molecule has 0 bridgehead atoms. The highest BCUT2D eigenvalue weighted by atomic mass is 19.1. The third-order valence-corrected chi connectivity index (χ3v) is 4.39. The molecule has 24 heavy (non-hydrogen) atoms. The van der Waals surface area contributed by atoms with E-state index in [0.717, 1.165) is 12.8 Å². The Labute approximate surface area is 142 Å². The predicted molar refractivity (Wildman–Crippen MR) is 89.9 cm³/mol. The van der Waals surface area contributed by atoms with Crippen molar-refractivity contribution in [1.82, 2.24) is 4.90 Å². The Morgan fingerprint density at radius 2 is 2.29 bits per heavy atom. The largest absolute Gasteiger partial charge is 0.491 e. The second-order valence-electron chi connectivity index (χ2n) is 6.55. The van der Waals surface area contributed by atoms with Crippen LogP contribution in [0.4, 0.5) is 14.9 Å². The minimum absolute atomic E-state index is 0.0765. The molecule has 0 radical (unpaired) electrons. The minimum atomic E-state index is -0.394. The number of carbonyl (C=O) groups is 1. The fourth-order valence-electron chi connectivity index (χ4n) is 2.81. The van der Waals surface area contributed by atoms with Crippen molar-refractivity contribution in [1.29, 1.82) is 0 Å². The maximum Gasteiger partial charge on any atom is 0.322 e. The molecule has 1 aliphatic carbocycles. The summed E-state index contributed by atoms with van der Waals surface area (Å²) in [6.45, 7) is 4.35. The number of urea groups is 1. The summed E-state index contributed by atoms with van der Waals surface area (Å²) in [6.07, 6.45) is 4.38. The van der Waals surface area contributed by atoms with Gasteiger partial charge in [-0.25, -0.2) is 9.18 Å². The van der Waals surface area contributed by atoms with Crippen LogP contribution in [0.5, 0.6) is 5.75 Å². The van der Waals surface area contributed by atoms with Crippen molar-refractivity contribution < 1.29 is 18.7 Å². The van der Waals surface area contributed by atoms with Crippen LogP contribution >= 0.6 is 0 Å². The van der Waals surface area contributed by atoms with Crippen LogP contribution in [-0.2, 0) is 4.74 Å². The number of ether oxygens (including phenoxy) is 2. The Morgan fingerprint density at radius 3 is 3.04 bits per heavy atom. The van der Waals surface area contributed by atoms with E-state index >= 15 is 0 Å². The molecule has 5 nitrogen and oxygen atoms in total. The molecule has 2 amide bonds. The van der Waals surface area contributed by atoms with E-state index in [-0.39, 0.29) is 12.1 Å². The molecule has 6 heteroatoms. The minimum Gasteiger partial charge on any atom is -0.491 e. The lowest BCUT2D eigenvalue weighted by Gasteiger charge is -2.33. The zero-order valence-corrected chi connectivity index (χ0v) is 14.1. The number of carbonyl (C=O) groups excluding carboxylic acids is 1. The molecule has 1 heterocycles. The van der Waals surface area contributed by atoms with Gasteiger partial charge >= 0.3 is 6.03 Å². The number of hydrogen-bond acceptors (Lipinski definition) is 3. The summed E-state index contributed by atoms with van der Waals surface area (Å²) < 4.78 is 25.0. The van der Waals surface area contributed by atoms with Gasteiger partial charge in [0.25, 0.3) is 0 Å². The van der Waals surface area contributed by atoms with E-state index in [2.05, 4.69) is 12.2 Å². The van der Waals surface area contributed by atoms with Crippen molar-refractivity contribution in [2.24, 2.45) is 5.92 Å². The number of morpholine rings is 1. The zero-order valence-electron chi connectivity index (χ0n) is 14.1. The lowest BCUT2D eigenvalue weighted by molar-refractivity contribution is -0.0162. The molecule has 2 fully saturated rings. The topological polar surface area (TPSA) is 50.8 Å². The third kappa shape index (κ3) is 4.60. The quantitative estimate of drug-likeness (QED) is 0.863. The Hall–Kier alpha value is -1.82. The molecule has 1 aromatic carbocycles. The number of hydrogen-bond donors (Lipinski definition) is 1. The molecule has 3 rings (SSSR count). The fraction of sp³-hybridized carbons (Fsp3) is 0.611. The Bertz CT molecular complexity index is 575. The summed E-state index contributed by atoms with van der Waals surface area (Å²) in [5.74, 6) is 0.720. The van der Waals surface area contributed by atoms with Gasteiger partial charge in [-0.05, 0) is 37.3 Å². The number of halogens is 1. The predicted octanol–water partition coefficient (Wildman–Crippen LogP) is 3.65. The number of anilines is 1. The van der Waals surface area contributed by atoms with E-state index in [4.69, 9.17) is 9.47 Å². The van der Waals surface area contributed by atoms with Crippen molar-refractivity contribution in [3.63, 3.8) is 0 Å². The second kappa shape index (κ2) is 7.83. The molecule has 1 saturated carbocycles. The van der Waals surface area contributed by atoms with Crippen molar-refractivity contribution in [3.8, 4) is 5.75 Å². The van der Waals surface area contributed by atoms with E-state index in [0.29, 0.717) is 43.7 Å². The maximum atomic E-state index is 13.6. The first-order chi connectivity index (χ1) is 11.7. The zero-order chi connectivity index (χ0) is 16.9. The molecule has 0 aromatic heterocycles. The Balaban J connectivity index is 1.63. The van der Waals surface area contributed by atoms with Crippen molar-refractivity contribution in [3.05, 3.63) is 24.0 Å². The number of amides is 2. The van der Waals surface area contributed by atoms with E-state index < -0.39 is 5.82 Å². The van der Waals surface area contributed by atoms with Crippen molar-refractivity contribution in [2.45, 2.75) is 38.7 Å². The molecule has 1 N–H and O–H groups in total. The number of nitrogens with zero attached hydrogens (tertiary/aromatic N) is 1. The standard InChI is InChI=1S/C18H25FN2O3/c1-2-3-15-11-21(8-9-23-15)18(22)20-16-10-14(19)6-7-17(16)24-12-13-4-5-13/h6-7,10,13,15H,2-5,8-9,11-12H2,1H3,(H,20,22). The van der Waals surface area contributed by atoms with Gasteiger partial charge in [0.2, 0.25) is 0 Å². The summed E-state index contributed by atoms with van der Waals surface area (Å²) in [5, 5.41) is 2.79. The van der Waals surface area contributed by atoms with Gasteiger partial charge < -0.3 is 19.7 Å². The molecule has 2 aliphatic rings. The average Bonchev–Trinajstić information content (AvgIpc) is 3.39. The van der Waals surface area contributed by atoms with E-state index in [9.17, 15) is 9.18 Å². The maximum absolute atomic E-state index is 13.6. The molecule has 1 aliphatic heterocycles. The van der Waals surface area contributed by atoms with Crippen molar-refractivity contribution >= 4 is 11.7 Å². The van der Waals surface area contributed by atoms with Crippen LogP contribution in [0.3, 0.4) is 0 Å². The molecule has 132 valence electrons. The molecule has 1 unspecified atom stereocenters. The first-order valence-corrected chi connectivity index (χ1v) is 8.75. The van der Waals surface area contributed by atoms with Crippen LogP contribution in [0.2, 0.25) is 0 Å². The molecule has 1 aromatic rings. The van der Waals surface area contributed by atoms with E-state index in [1.165, 1.54) is 25.0 Å². The summed E-state index contributed by atoms with van der Waals surface area (Å²) in [4.78, 5) is 14.2. The smallest absolute Gasteiger partial charge is 0.322 e.